The first kappa shape index (κ1) is 20.4. The molecule has 1 unspecified atom stereocenters. The van der Waals surface area contributed by atoms with Gasteiger partial charge in [-0.25, -0.2) is 0 Å². The van der Waals surface area contributed by atoms with Crippen LogP contribution >= 0.6 is 0 Å². The van der Waals surface area contributed by atoms with Gasteiger partial charge in [0.2, 0.25) is 5.91 Å². The van der Waals surface area contributed by atoms with E-state index in [2.05, 4.69) is 11.0 Å². The zero-order valence-corrected chi connectivity index (χ0v) is 18.1. The fourth-order valence-electron chi connectivity index (χ4n) is 4.31. The van der Waals surface area contributed by atoms with E-state index in [1.54, 1.807) is 28.4 Å². The molecule has 6 nitrogen and oxygen atoms in total. The largest absolute Gasteiger partial charge is 0.493 e. The van der Waals surface area contributed by atoms with Crippen molar-refractivity contribution in [3.8, 4) is 23.0 Å². The molecule has 30 heavy (non-hydrogen) atoms. The Labute approximate surface area is 177 Å². The van der Waals surface area contributed by atoms with Crippen LogP contribution in [0, 0.1) is 5.92 Å². The minimum atomic E-state index is -0.0558. The summed E-state index contributed by atoms with van der Waals surface area (Å²) in [5, 5.41) is 0. The number of benzene rings is 2. The van der Waals surface area contributed by atoms with Crippen LogP contribution < -0.4 is 18.9 Å². The second-order valence-corrected chi connectivity index (χ2v) is 7.87. The summed E-state index contributed by atoms with van der Waals surface area (Å²) in [7, 11) is 6.56. The molecular formula is C24H29NO5. The third-order valence-corrected chi connectivity index (χ3v) is 6.09. The van der Waals surface area contributed by atoms with Crippen molar-refractivity contribution in [1.29, 1.82) is 0 Å². The molecular weight excluding hydrogens is 382 g/mol. The molecule has 0 saturated heterocycles. The molecule has 1 amide bonds. The maximum Gasteiger partial charge on any atom is 0.226 e. The van der Waals surface area contributed by atoms with Crippen molar-refractivity contribution in [2.24, 2.45) is 5.92 Å². The molecule has 160 valence electrons. The molecule has 0 bridgehead atoms. The predicted molar refractivity (Wildman–Crippen MR) is 114 cm³/mol. The molecule has 0 spiro atoms. The summed E-state index contributed by atoms with van der Waals surface area (Å²) in [6.07, 6.45) is 3.51. The Balaban J connectivity index is 1.74. The lowest BCUT2D eigenvalue weighted by Gasteiger charge is -2.38. The number of ether oxygens (including phenoxy) is 4. The van der Waals surface area contributed by atoms with Crippen LogP contribution in [0.15, 0.2) is 30.3 Å². The zero-order chi connectivity index (χ0) is 21.3. The zero-order valence-electron chi connectivity index (χ0n) is 18.1. The number of hydrogen-bond donors (Lipinski definition) is 0. The van der Waals surface area contributed by atoms with Gasteiger partial charge in [0.15, 0.2) is 23.0 Å². The Morgan fingerprint density at radius 1 is 0.900 bits per heavy atom. The minimum absolute atomic E-state index is 0.0558. The third-order valence-electron chi connectivity index (χ3n) is 6.09. The number of carbonyl (C=O) groups excluding carboxylic acids is 1. The highest BCUT2D eigenvalue weighted by molar-refractivity contribution is 5.82. The van der Waals surface area contributed by atoms with Crippen molar-refractivity contribution in [1.82, 2.24) is 4.90 Å². The van der Waals surface area contributed by atoms with E-state index in [0.717, 1.165) is 42.7 Å². The van der Waals surface area contributed by atoms with Crippen molar-refractivity contribution in [2.75, 3.05) is 35.0 Å². The van der Waals surface area contributed by atoms with Crippen LogP contribution in [-0.4, -0.2) is 45.8 Å². The topological polar surface area (TPSA) is 57.2 Å². The van der Waals surface area contributed by atoms with E-state index in [4.69, 9.17) is 18.9 Å². The Morgan fingerprint density at radius 3 is 2.17 bits per heavy atom. The van der Waals surface area contributed by atoms with Crippen LogP contribution in [-0.2, 0) is 17.6 Å². The first-order valence-electron chi connectivity index (χ1n) is 10.4. The van der Waals surface area contributed by atoms with Gasteiger partial charge in [0.1, 0.15) is 0 Å². The maximum atomic E-state index is 13.1. The van der Waals surface area contributed by atoms with Crippen molar-refractivity contribution in [3.05, 3.63) is 47.0 Å². The fourth-order valence-corrected chi connectivity index (χ4v) is 4.31. The number of fused-ring (bicyclic) bond motifs is 1. The summed E-state index contributed by atoms with van der Waals surface area (Å²) in [5.74, 6) is 3.25. The summed E-state index contributed by atoms with van der Waals surface area (Å²) in [6, 6.07) is 9.98. The maximum absolute atomic E-state index is 13.1. The second kappa shape index (κ2) is 8.46. The van der Waals surface area contributed by atoms with Gasteiger partial charge >= 0.3 is 0 Å². The van der Waals surface area contributed by atoms with Crippen LogP contribution in [0.4, 0.5) is 0 Å². The molecule has 1 heterocycles. The molecule has 0 N–H and O–H groups in total. The van der Waals surface area contributed by atoms with Crippen molar-refractivity contribution < 1.29 is 23.7 Å². The fraction of sp³-hybridized carbons (Fsp3) is 0.458. The molecule has 2 aromatic rings. The van der Waals surface area contributed by atoms with E-state index in [9.17, 15) is 4.79 Å². The highest BCUT2D eigenvalue weighted by atomic mass is 16.5. The lowest BCUT2D eigenvalue weighted by Crippen LogP contribution is -2.41. The predicted octanol–water partition coefficient (Wildman–Crippen LogP) is 3.80. The molecule has 2 aliphatic rings. The van der Waals surface area contributed by atoms with Gasteiger partial charge in [0.05, 0.1) is 34.5 Å². The lowest BCUT2D eigenvalue weighted by atomic mass is 9.87. The molecule has 2 aromatic carbocycles. The average Bonchev–Trinajstić information content (AvgIpc) is 3.63. The number of amides is 1. The normalized spacial score (nSPS) is 17.9. The third kappa shape index (κ3) is 3.78. The van der Waals surface area contributed by atoms with Crippen LogP contribution in [0.1, 0.15) is 35.6 Å². The standard InChI is InChI=1S/C24H29NO5/c1-27-20-8-5-15(12-21(20)28-2)11-19-18-14-23(30-4)22(29-3)13-17(18)9-10-25(19)24(26)16-6-7-16/h5,8,12-14,16,19H,6-7,9-11H2,1-4H3. The summed E-state index contributed by atoms with van der Waals surface area (Å²) in [6.45, 7) is 0.718. The average molecular weight is 411 g/mol. The number of nitrogens with zero attached hydrogens (tertiary/aromatic N) is 1. The molecule has 0 radical (unpaired) electrons. The molecule has 0 aromatic heterocycles. The first-order chi connectivity index (χ1) is 14.6. The van der Waals surface area contributed by atoms with Gasteiger partial charge in [0, 0.05) is 12.5 Å². The van der Waals surface area contributed by atoms with Gasteiger partial charge in [-0.15, -0.1) is 0 Å². The Kier molecular flexibility index (Phi) is 5.75. The summed E-state index contributed by atoms with van der Waals surface area (Å²) in [4.78, 5) is 15.2. The van der Waals surface area contributed by atoms with Crippen LogP contribution in [0.2, 0.25) is 0 Å². The van der Waals surface area contributed by atoms with E-state index in [1.165, 1.54) is 5.56 Å². The van der Waals surface area contributed by atoms with Gasteiger partial charge in [-0.1, -0.05) is 6.07 Å². The van der Waals surface area contributed by atoms with Gasteiger partial charge in [-0.05, 0) is 66.6 Å². The van der Waals surface area contributed by atoms with Crippen molar-refractivity contribution in [2.45, 2.75) is 31.7 Å². The van der Waals surface area contributed by atoms with E-state index >= 15 is 0 Å². The van der Waals surface area contributed by atoms with E-state index in [0.29, 0.717) is 23.7 Å². The van der Waals surface area contributed by atoms with Gasteiger partial charge in [-0.2, -0.15) is 0 Å². The molecule has 1 fully saturated rings. The van der Waals surface area contributed by atoms with Gasteiger partial charge < -0.3 is 23.8 Å². The summed E-state index contributed by atoms with van der Waals surface area (Å²) < 4.78 is 21.9. The van der Waals surface area contributed by atoms with Crippen molar-refractivity contribution in [3.63, 3.8) is 0 Å². The second-order valence-electron chi connectivity index (χ2n) is 7.87. The van der Waals surface area contributed by atoms with Crippen LogP contribution in [0.5, 0.6) is 23.0 Å². The van der Waals surface area contributed by atoms with Gasteiger partial charge in [-0.3, -0.25) is 4.79 Å². The Morgan fingerprint density at radius 2 is 1.53 bits per heavy atom. The molecule has 6 heteroatoms. The minimum Gasteiger partial charge on any atom is -0.493 e. The van der Waals surface area contributed by atoms with E-state index in [-0.39, 0.29) is 17.9 Å². The van der Waals surface area contributed by atoms with E-state index < -0.39 is 0 Å². The van der Waals surface area contributed by atoms with Crippen molar-refractivity contribution >= 4 is 5.91 Å². The molecule has 1 aliphatic heterocycles. The van der Waals surface area contributed by atoms with Crippen LogP contribution in [0.25, 0.3) is 0 Å². The quantitative estimate of drug-likeness (QED) is 0.694. The molecule has 1 aliphatic carbocycles. The molecule has 4 rings (SSSR count). The number of hydrogen-bond acceptors (Lipinski definition) is 5. The number of methoxy groups -OCH3 is 4. The van der Waals surface area contributed by atoms with Crippen LogP contribution in [0.3, 0.4) is 0 Å². The number of rotatable bonds is 7. The molecule has 1 saturated carbocycles. The summed E-state index contributed by atoms with van der Waals surface area (Å²) in [5.41, 5.74) is 3.43. The lowest BCUT2D eigenvalue weighted by molar-refractivity contribution is -0.135. The smallest absolute Gasteiger partial charge is 0.226 e. The highest BCUT2D eigenvalue weighted by Crippen LogP contribution is 2.42. The van der Waals surface area contributed by atoms with E-state index in [1.807, 2.05) is 24.3 Å². The highest BCUT2D eigenvalue weighted by Gasteiger charge is 2.39. The monoisotopic (exact) mass is 411 g/mol. The molecule has 1 atom stereocenters. The Bertz CT molecular complexity index is 937. The number of carbonyl (C=O) groups is 1. The Hall–Kier alpha value is -2.89. The SMILES string of the molecule is COc1ccc(CC2c3cc(OC)c(OC)cc3CCN2C(=O)C2CC2)cc1OC. The first-order valence-corrected chi connectivity index (χ1v) is 10.4. The van der Waals surface area contributed by atoms with Gasteiger partial charge in [0.25, 0.3) is 0 Å². The summed E-state index contributed by atoms with van der Waals surface area (Å²) >= 11 is 0.